The van der Waals surface area contributed by atoms with Crippen molar-refractivity contribution in [3.63, 3.8) is 0 Å². The van der Waals surface area contributed by atoms with Crippen molar-refractivity contribution in [3.05, 3.63) is 0 Å². The van der Waals surface area contributed by atoms with Crippen LogP contribution >= 0.6 is 0 Å². The molecule has 1 aliphatic rings. The largest absolute Gasteiger partial charge is 0.299 e. The molecule has 84 valence electrons. The van der Waals surface area contributed by atoms with Gasteiger partial charge in [0.05, 0.1) is 17.7 Å². The first kappa shape index (κ1) is 11.9. The van der Waals surface area contributed by atoms with E-state index in [-0.39, 0.29) is 17.5 Å². The van der Waals surface area contributed by atoms with Gasteiger partial charge >= 0.3 is 0 Å². The molecule has 0 aromatic rings. The third kappa shape index (κ3) is 3.53. The maximum Gasteiger partial charge on any atom is 0.153 e. The zero-order chi connectivity index (χ0) is 10.8. The molecule has 5 heteroatoms. The highest BCUT2D eigenvalue weighted by molar-refractivity contribution is 7.91. The van der Waals surface area contributed by atoms with E-state index in [9.17, 15) is 12.8 Å². The molecular formula is C9H18FNO2S. The molecule has 0 aromatic heterocycles. The lowest BCUT2D eigenvalue weighted by Crippen LogP contribution is -2.47. The fourth-order valence-corrected chi connectivity index (χ4v) is 3.33. The van der Waals surface area contributed by atoms with Gasteiger partial charge in [0.15, 0.2) is 9.84 Å². The first-order valence-corrected chi connectivity index (χ1v) is 6.81. The van der Waals surface area contributed by atoms with Crippen molar-refractivity contribution in [2.45, 2.75) is 32.5 Å². The van der Waals surface area contributed by atoms with E-state index in [2.05, 4.69) is 4.90 Å². The van der Waals surface area contributed by atoms with Crippen LogP contribution in [0.25, 0.3) is 0 Å². The van der Waals surface area contributed by atoms with Crippen molar-refractivity contribution >= 4 is 9.84 Å². The zero-order valence-electron chi connectivity index (χ0n) is 8.74. The summed E-state index contributed by atoms with van der Waals surface area (Å²) < 4.78 is 35.1. The second kappa shape index (κ2) is 4.57. The Bertz CT molecular complexity index is 277. The van der Waals surface area contributed by atoms with Gasteiger partial charge in [-0.25, -0.2) is 12.8 Å². The summed E-state index contributed by atoms with van der Waals surface area (Å²) in [7, 11) is -2.84. The number of sulfone groups is 1. The SMILES string of the molecule is C[C@@H]1CS(=O)(=O)CCN1CC[C@@H](C)F. The lowest BCUT2D eigenvalue weighted by atomic mass is 10.2. The molecule has 0 spiro atoms. The molecule has 1 aliphatic heterocycles. The van der Waals surface area contributed by atoms with Gasteiger partial charge in [-0.05, 0) is 20.3 Å². The van der Waals surface area contributed by atoms with Crippen LogP contribution in [0.15, 0.2) is 0 Å². The fourth-order valence-electron chi connectivity index (χ4n) is 1.71. The molecular weight excluding hydrogens is 205 g/mol. The lowest BCUT2D eigenvalue weighted by molar-refractivity contribution is 0.198. The molecule has 2 atom stereocenters. The molecule has 0 N–H and O–H groups in total. The minimum absolute atomic E-state index is 0.0347. The topological polar surface area (TPSA) is 37.4 Å². The summed E-state index contributed by atoms with van der Waals surface area (Å²) in [5, 5.41) is 0. The Kier molecular flexibility index (Phi) is 3.89. The van der Waals surface area contributed by atoms with Crippen LogP contribution in [0, 0.1) is 0 Å². The molecule has 1 heterocycles. The zero-order valence-corrected chi connectivity index (χ0v) is 9.56. The Balaban J connectivity index is 2.42. The first-order valence-electron chi connectivity index (χ1n) is 4.99. The molecule has 0 radical (unpaired) electrons. The van der Waals surface area contributed by atoms with Crippen molar-refractivity contribution in [3.8, 4) is 0 Å². The third-order valence-corrected chi connectivity index (χ3v) is 4.42. The molecule has 1 rings (SSSR count). The second-order valence-corrected chi connectivity index (χ2v) is 6.30. The van der Waals surface area contributed by atoms with Gasteiger partial charge in [-0.15, -0.1) is 0 Å². The van der Waals surface area contributed by atoms with Crippen LogP contribution in [-0.2, 0) is 9.84 Å². The molecule has 1 saturated heterocycles. The van der Waals surface area contributed by atoms with E-state index in [1.165, 1.54) is 6.92 Å². The highest BCUT2D eigenvalue weighted by Gasteiger charge is 2.27. The van der Waals surface area contributed by atoms with Crippen LogP contribution in [0.4, 0.5) is 4.39 Å². The van der Waals surface area contributed by atoms with E-state index in [1.807, 2.05) is 6.92 Å². The van der Waals surface area contributed by atoms with E-state index in [4.69, 9.17) is 0 Å². The molecule has 0 aliphatic carbocycles. The van der Waals surface area contributed by atoms with Crippen molar-refractivity contribution in [2.24, 2.45) is 0 Å². The van der Waals surface area contributed by atoms with Gasteiger partial charge in [0.25, 0.3) is 0 Å². The van der Waals surface area contributed by atoms with E-state index < -0.39 is 16.0 Å². The summed E-state index contributed by atoms with van der Waals surface area (Å²) in [6.07, 6.45) is -0.314. The minimum atomic E-state index is -2.84. The summed E-state index contributed by atoms with van der Waals surface area (Å²) in [6, 6.07) is 0.0347. The maximum absolute atomic E-state index is 12.6. The number of rotatable bonds is 3. The van der Waals surface area contributed by atoms with Gasteiger partial charge in [-0.1, -0.05) is 0 Å². The highest BCUT2D eigenvalue weighted by Crippen LogP contribution is 2.12. The smallest absolute Gasteiger partial charge is 0.153 e. The number of hydrogen-bond acceptors (Lipinski definition) is 3. The van der Waals surface area contributed by atoms with Crippen LogP contribution in [0.3, 0.4) is 0 Å². The van der Waals surface area contributed by atoms with Crippen LogP contribution in [0.5, 0.6) is 0 Å². The van der Waals surface area contributed by atoms with E-state index in [0.29, 0.717) is 19.5 Å². The second-order valence-electron chi connectivity index (χ2n) is 4.07. The van der Waals surface area contributed by atoms with Gasteiger partial charge in [0.2, 0.25) is 0 Å². The predicted molar refractivity (Wildman–Crippen MR) is 54.9 cm³/mol. The van der Waals surface area contributed by atoms with Gasteiger partial charge < -0.3 is 0 Å². The van der Waals surface area contributed by atoms with Gasteiger partial charge in [-0.2, -0.15) is 0 Å². The molecule has 0 saturated carbocycles. The van der Waals surface area contributed by atoms with Gasteiger partial charge in [0.1, 0.15) is 0 Å². The molecule has 14 heavy (non-hydrogen) atoms. The summed E-state index contributed by atoms with van der Waals surface area (Å²) >= 11 is 0. The number of alkyl halides is 1. The Labute approximate surface area is 85.2 Å². The van der Waals surface area contributed by atoms with Crippen LogP contribution in [0.2, 0.25) is 0 Å². The molecule has 1 fully saturated rings. The monoisotopic (exact) mass is 223 g/mol. The number of hydrogen-bond donors (Lipinski definition) is 0. The Morgan fingerprint density at radius 2 is 2.21 bits per heavy atom. The van der Waals surface area contributed by atoms with Gasteiger partial charge in [-0.3, -0.25) is 4.90 Å². The van der Waals surface area contributed by atoms with E-state index in [1.54, 1.807) is 0 Å². The normalized spacial score (nSPS) is 30.1. The minimum Gasteiger partial charge on any atom is -0.299 e. The first-order chi connectivity index (χ1) is 6.41. The van der Waals surface area contributed by atoms with E-state index >= 15 is 0 Å². The van der Waals surface area contributed by atoms with Crippen molar-refractivity contribution in [2.75, 3.05) is 24.6 Å². The number of nitrogens with zero attached hydrogens (tertiary/aromatic N) is 1. The molecule has 0 bridgehead atoms. The Hall–Kier alpha value is -0.160. The summed E-state index contributed by atoms with van der Waals surface area (Å²) in [4.78, 5) is 2.05. The standard InChI is InChI=1S/C9H18FNO2S/c1-8(10)3-4-11-5-6-14(12,13)7-9(11)2/h8-9H,3-7H2,1-2H3/t8-,9-/m1/s1. The quantitative estimate of drug-likeness (QED) is 0.712. The van der Waals surface area contributed by atoms with Crippen LogP contribution < -0.4 is 0 Å². The van der Waals surface area contributed by atoms with Crippen LogP contribution in [0.1, 0.15) is 20.3 Å². The number of halogens is 1. The predicted octanol–water partition coefficient (Wildman–Crippen LogP) is 0.853. The van der Waals surface area contributed by atoms with Crippen molar-refractivity contribution in [1.82, 2.24) is 4.90 Å². The highest BCUT2D eigenvalue weighted by atomic mass is 32.2. The molecule has 3 nitrogen and oxygen atoms in total. The summed E-state index contributed by atoms with van der Waals surface area (Å²) in [5.74, 6) is 0.436. The summed E-state index contributed by atoms with van der Waals surface area (Å²) in [5.41, 5.74) is 0. The molecule has 0 unspecified atom stereocenters. The average molecular weight is 223 g/mol. The van der Waals surface area contributed by atoms with Crippen molar-refractivity contribution < 1.29 is 12.8 Å². The van der Waals surface area contributed by atoms with E-state index in [0.717, 1.165) is 0 Å². The van der Waals surface area contributed by atoms with Crippen LogP contribution in [-0.4, -0.2) is 50.1 Å². The average Bonchev–Trinajstić information content (AvgIpc) is 2.00. The Morgan fingerprint density at radius 1 is 1.57 bits per heavy atom. The maximum atomic E-state index is 12.6. The molecule has 0 aromatic carbocycles. The fraction of sp³-hybridized carbons (Fsp3) is 1.00. The summed E-state index contributed by atoms with van der Waals surface area (Å²) in [6.45, 7) is 4.63. The molecule has 0 amide bonds. The van der Waals surface area contributed by atoms with Gasteiger partial charge in [0, 0.05) is 19.1 Å². The Morgan fingerprint density at radius 3 is 2.71 bits per heavy atom. The lowest BCUT2D eigenvalue weighted by Gasteiger charge is -2.33. The van der Waals surface area contributed by atoms with Crippen molar-refractivity contribution in [1.29, 1.82) is 0 Å². The third-order valence-electron chi connectivity index (χ3n) is 2.62.